The Bertz CT molecular complexity index is 1410. The average molecular weight is 560 g/mol. The number of hydrogen-bond acceptors (Lipinski definition) is 8. The molecule has 4 atom stereocenters. The maximum Gasteiger partial charge on any atom is 0.455 e. The Morgan fingerprint density at radius 3 is 2.63 bits per heavy atom. The van der Waals surface area contributed by atoms with Gasteiger partial charge in [0, 0.05) is 19.2 Å². The van der Waals surface area contributed by atoms with Gasteiger partial charge in [-0.05, 0) is 72.8 Å². The Morgan fingerprint density at radius 1 is 1.20 bits per heavy atom. The van der Waals surface area contributed by atoms with Crippen molar-refractivity contribution in [2.45, 2.75) is 45.0 Å². The lowest BCUT2D eigenvalue weighted by Crippen LogP contribution is -2.46. The van der Waals surface area contributed by atoms with Gasteiger partial charge in [-0.2, -0.15) is 0 Å². The molecule has 0 radical (unpaired) electrons. The molecule has 0 bridgehead atoms. The second-order valence-corrected chi connectivity index (χ2v) is 10.8. The summed E-state index contributed by atoms with van der Waals surface area (Å²) in [6.07, 6.45) is 4.17. The molecular formula is C30H33BN2O8. The first kappa shape index (κ1) is 28.7. The number of phenolic OH excluding ortho intramolecular Hbond substituents is 1. The molecule has 0 saturated carbocycles. The lowest BCUT2D eigenvalue weighted by molar-refractivity contribution is -0.384. The summed E-state index contributed by atoms with van der Waals surface area (Å²) in [5.74, 6) is -2.36. The molecule has 2 heterocycles. The van der Waals surface area contributed by atoms with Gasteiger partial charge in [-0.3, -0.25) is 19.7 Å². The van der Waals surface area contributed by atoms with Crippen LogP contribution < -0.4 is 4.90 Å². The van der Waals surface area contributed by atoms with Crippen LogP contribution in [-0.2, 0) is 19.0 Å². The number of methoxy groups -OCH3 is 1. The molecule has 41 heavy (non-hydrogen) atoms. The van der Waals surface area contributed by atoms with Gasteiger partial charge in [0.05, 0.1) is 35.2 Å². The lowest BCUT2D eigenvalue weighted by Gasteiger charge is -2.43. The van der Waals surface area contributed by atoms with E-state index in [1.165, 1.54) is 29.8 Å². The zero-order valence-corrected chi connectivity index (χ0v) is 23.1. The van der Waals surface area contributed by atoms with Crippen molar-refractivity contribution in [3.05, 3.63) is 80.9 Å². The summed E-state index contributed by atoms with van der Waals surface area (Å²) in [6, 6.07) is 12.5. The van der Waals surface area contributed by atoms with Crippen LogP contribution in [0.4, 0.5) is 11.4 Å². The van der Waals surface area contributed by atoms with Crippen molar-refractivity contribution in [1.82, 2.24) is 0 Å². The monoisotopic (exact) mass is 560 g/mol. The van der Waals surface area contributed by atoms with Crippen molar-refractivity contribution in [2.24, 2.45) is 17.8 Å². The van der Waals surface area contributed by atoms with Crippen molar-refractivity contribution in [3.8, 4) is 5.75 Å². The van der Waals surface area contributed by atoms with Crippen LogP contribution in [0.2, 0.25) is 6.32 Å². The number of benzene rings is 2. The van der Waals surface area contributed by atoms with Gasteiger partial charge in [0.25, 0.3) is 5.69 Å². The Kier molecular flexibility index (Phi) is 8.39. The Balaban J connectivity index is 1.44. The Hall–Kier alpha value is -3.80. The van der Waals surface area contributed by atoms with Crippen LogP contribution in [0.15, 0.2) is 65.3 Å². The molecule has 2 saturated heterocycles. The molecule has 0 unspecified atom stereocenters. The minimum atomic E-state index is -1.10. The van der Waals surface area contributed by atoms with Crippen LogP contribution in [0.1, 0.15) is 38.2 Å². The average Bonchev–Trinajstić information content (AvgIpc) is 3.21. The third kappa shape index (κ3) is 5.70. The van der Waals surface area contributed by atoms with Gasteiger partial charge in [0.1, 0.15) is 5.75 Å². The van der Waals surface area contributed by atoms with Crippen molar-refractivity contribution < 1.29 is 34.0 Å². The van der Waals surface area contributed by atoms with E-state index in [0.717, 1.165) is 28.0 Å². The number of allylic oxidation sites excluding steroid dienone is 1. The number of aromatic hydroxyl groups is 1. The van der Waals surface area contributed by atoms with E-state index in [1.54, 1.807) is 19.2 Å². The number of rotatable bonds is 9. The molecule has 10 nitrogen and oxygen atoms in total. The van der Waals surface area contributed by atoms with Gasteiger partial charge in [-0.1, -0.05) is 36.8 Å². The number of carbonyl (C=O) groups is 2. The molecule has 2 aliphatic heterocycles. The molecule has 2 fully saturated rings. The standard InChI is InChI=1S/C30H33BN2O8/c1-3-18(13-19-7-10-23(34)11-8-19)9-12-26-27-20(17-40-2)14-24-28(25(27)16-31(37)41-26)30(36)32(29(24)35)21-5-4-6-22(15-21)33(38)39/h4-8,10-11,13,15,24-26,28,34,37H,3,9,12,14,16-17H2,1-2H3/b18-13+/t24-,25+,26-,28-/m1/s1. The van der Waals surface area contributed by atoms with E-state index in [9.17, 15) is 29.8 Å². The van der Waals surface area contributed by atoms with Crippen LogP contribution in [0.25, 0.3) is 6.08 Å². The molecule has 0 spiro atoms. The highest BCUT2D eigenvalue weighted by atomic mass is 16.6. The van der Waals surface area contributed by atoms with E-state index in [1.807, 2.05) is 12.1 Å². The summed E-state index contributed by atoms with van der Waals surface area (Å²) in [6.45, 7) is 2.34. The summed E-state index contributed by atoms with van der Waals surface area (Å²) < 4.78 is 11.6. The topological polar surface area (TPSA) is 139 Å². The van der Waals surface area contributed by atoms with Crippen LogP contribution in [-0.4, -0.2) is 53.8 Å². The first-order chi connectivity index (χ1) is 19.7. The van der Waals surface area contributed by atoms with Crippen molar-refractivity contribution in [2.75, 3.05) is 18.6 Å². The first-order valence-electron chi connectivity index (χ1n) is 13.9. The molecule has 2 aromatic carbocycles. The number of hydrogen-bond donors (Lipinski definition) is 2. The van der Waals surface area contributed by atoms with Crippen LogP contribution in [0.5, 0.6) is 5.75 Å². The van der Waals surface area contributed by atoms with Crippen molar-refractivity contribution in [1.29, 1.82) is 0 Å². The van der Waals surface area contributed by atoms with Crippen LogP contribution in [0.3, 0.4) is 0 Å². The molecule has 2 aromatic rings. The van der Waals surface area contributed by atoms with E-state index in [2.05, 4.69) is 13.0 Å². The zero-order valence-electron chi connectivity index (χ0n) is 23.1. The van der Waals surface area contributed by atoms with Crippen molar-refractivity contribution >= 4 is 36.4 Å². The van der Waals surface area contributed by atoms with Gasteiger partial charge >= 0.3 is 7.12 Å². The Labute approximate surface area is 238 Å². The summed E-state index contributed by atoms with van der Waals surface area (Å²) in [4.78, 5) is 39.3. The van der Waals surface area contributed by atoms with Gasteiger partial charge in [-0.25, -0.2) is 4.90 Å². The molecule has 2 amide bonds. The molecule has 2 N–H and O–H groups in total. The fraction of sp³-hybridized carbons (Fsp3) is 0.400. The molecule has 0 aromatic heterocycles. The van der Waals surface area contributed by atoms with E-state index in [-0.39, 0.29) is 30.1 Å². The third-order valence-corrected chi connectivity index (χ3v) is 8.37. The molecule has 5 rings (SSSR count). The minimum Gasteiger partial charge on any atom is -0.508 e. The number of imide groups is 1. The second-order valence-electron chi connectivity index (χ2n) is 10.8. The van der Waals surface area contributed by atoms with E-state index < -0.39 is 47.7 Å². The number of nitrogens with zero attached hydrogens (tertiary/aromatic N) is 2. The number of phenols is 1. The number of fused-ring (bicyclic) bond motifs is 3. The number of amides is 2. The predicted molar refractivity (Wildman–Crippen MR) is 153 cm³/mol. The number of non-ortho nitro benzene ring substituents is 1. The Morgan fingerprint density at radius 2 is 1.95 bits per heavy atom. The normalized spacial score (nSPS) is 24.5. The molecular weight excluding hydrogens is 527 g/mol. The van der Waals surface area contributed by atoms with E-state index in [0.29, 0.717) is 19.3 Å². The molecule has 1 aliphatic carbocycles. The van der Waals surface area contributed by atoms with E-state index in [4.69, 9.17) is 9.39 Å². The van der Waals surface area contributed by atoms with Crippen molar-refractivity contribution in [3.63, 3.8) is 0 Å². The van der Waals surface area contributed by atoms with Gasteiger partial charge in [0.15, 0.2) is 0 Å². The number of anilines is 1. The molecule has 11 heteroatoms. The number of nitro benzene ring substituents is 1. The molecule has 214 valence electrons. The maximum absolute atomic E-state index is 13.8. The number of ether oxygens (including phenoxy) is 1. The number of nitro groups is 1. The minimum absolute atomic E-state index is 0.173. The lowest BCUT2D eigenvalue weighted by atomic mass is 9.58. The summed E-state index contributed by atoms with van der Waals surface area (Å²) in [5.41, 5.74) is 3.93. The zero-order chi connectivity index (χ0) is 29.3. The number of carbonyl (C=O) groups excluding carboxylic acids is 2. The summed E-state index contributed by atoms with van der Waals surface area (Å²) in [5, 5.41) is 31.7. The van der Waals surface area contributed by atoms with Gasteiger partial charge in [-0.15, -0.1) is 0 Å². The smallest absolute Gasteiger partial charge is 0.455 e. The fourth-order valence-electron chi connectivity index (χ4n) is 6.54. The highest BCUT2D eigenvalue weighted by molar-refractivity contribution is 6.43. The molecule has 3 aliphatic rings. The van der Waals surface area contributed by atoms with Gasteiger partial charge < -0.3 is 19.5 Å². The fourth-order valence-corrected chi connectivity index (χ4v) is 6.54. The highest BCUT2D eigenvalue weighted by Crippen LogP contribution is 2.51. The van der Waals surface area contributed by atoms with E-state index >= 15 is 0 Å². The summed E-state index contributed by atoms with van der Waals surface area (Å²) >= 11 is 0. The maximum atomic E-state index is 13.8. The first-order valence-corrected chi connectivity index (χ1v) is 13.9. The highest BCUT2D eigenvalue weighted by Gasteiger charge is 2.57. The van der Waals surface area contributed by atoms with Gasteiger partial charge in [0.2, 0.25) is 11.8 Å². The van der Waals surface area contributed by atoms with Crippen LogP contribution >= 0.6 is 0 Å². The second kappa shape index (κ2) is 12.0. The predicted octanol–water partition coefficient (Wildman–Crippen LogP) is 4.52. The largest absolute Gasteiger partial charge is 0.508 e. The third-order valence-electron chi connectivity index (χ3n) is 8.37. The SMILES string of the molecule is CC/C(=C\c1ccc(O)cc1)CC[C@H]1OB(O)C[C@H]2C1=C(COC)C[C@H]1C(=O)N(c3cccc([N+](=O)[O-])c3)C(=O)[C@H]12. The quantitative estimate of drug-likeness (QED) is 0.150. The summed E-state index contributed by atoms with van der Waals surface area (Å²) in [7, 11) is 0.478. The van der Waals surface area contributed by atoms with Crippen LogP contribution in [0, 0.1) is 27.9 Å².